The van der Waals surface area contributed by atoms with Crippen LogP contribution in [0.3, 0.4) is 0 Å². The molecule has 0 radical (unpaired) electrons. The van der Waals surface area contributed by atoms with Gasteiger partial charge in [0.1, 0.15) is 12.2 Å². The van der Waals surface area contributed by atoms with Crippen LogP contribution >= 0.6 is 0 Å². The van der Waals surface area contributed by atoms with Crippen molar-refractivity contribution in [2.45, 2.75) is 32.0 Å². The van der Waals surface area contributed by atoms with Gasteiger partial charge in [0.05, 0.1) is 21.3 Å². The van der Waals surface area contributed by atoms with Crippen molar-refractivity contribution in [1.29, 1.82) is 0 Å². The van der Waals surface area contributed by atoms with E-state index >= 15 is 0 Å². The van der Waals surface area contributed by atoms with Crippen LogP contribution in [0.4, 0.5) is 4.39 Å². The van der Waals surface area contributed by atoms with Gasteiger partial charge in [-0.2, -0.15) is 0 Å². The standard InChI is InChI=1S/C17H22FNO5/c1-5-12(18)11-8-10(9-14(22-2)15(11)23-3)16(20)19-7-6-13(19)17(21)24-4/h8-9,12-13H,5-7H2,1-4H3/t12?,13-/m1/s1. The summed E-state index contributed by atoms with van der Waals surface area (Å²) in [7, 11) is 4.14. The summed E-state index contributed by atoms with van der Waals surface area (Å²) in [5, 5.41) is 0. The molecule has 0 aliphatic carbocycles. The number of carbonyl (C=O) groups excluding carboxylic acids is 2. The van der Waals surface area contributed by atoms with Gasteiger partial charge in [-0.1, -0.05) is 6.92 Å². The zero-order chi connectivity index (χ0) is 17.9. The summed E-state index contributed by atoms with van der Waals surface area (Å²) >= 11 is 0. The van der Waals surface area contributed by atoms with Crippen LogP contribution in [0.15, 0.2) is 12.1 Å². The molecular weight excluding hydrogens is 317 g/mol. The topological polar surface area (TPSA) is 65.1 Å². The third-order valence-corrected chi connectivity index (χ3v) is 4.20. The fraction of sp³-hybridized carbons (Fsp3) is 0.529. The van der Waals surface area contributed by atoms with E-state index in [9.17, 15) is 14.0 Å². The van der Waals surface area contributed by atoms with Crippen LogP contribution < -0.4 is 9.47 Å². The van der Waals surface area contributed by atoms with Crippen LogP contribution in [0.25, 0.3) is 0 Å². The molecule has 0 aromatic heterocycles. The summed E-state index contributed by atoms with van der Waals surface area (Å²) in [6.45, 7) is 2.16. The second-order valence-corrected chi connectivity index (χ2v) is 5.50. The van der Waals surface area contributed by atoms with Crippen molar-refractivity contribution in [1.82, 2.24) is 4.90 Å². The van der Waals surface area contributed by atoms with Gasteiger partial charge in [-0.25, -0.2) is 9.18 Å². The van der Waals surface area contributed by atoms with Crippen molar-refractivity contribution in [3.63, 3.8) is 0 Å². The van der Waals surface area contributed by atoms with E-state index < -0.39 is 18.2 Å². The van der Waals surface area contributed by atoms with Gasteiger partial charge in [0.2, 0.25) is 0 Å². The number of halogens is 1. The Morgan fingerprint density at radius 1 is 1.29 bits per heavy atom. The summed E-state index contributed by atoms with van der Waals surface area (Å²) in [5.41, 5.74) is 0.519. The minimum absolute atomic E-state index is 0.242. The molecule has 0 bridgehead atoms. The van der Waals surface area contributed by atoms with Crippen LogP contribution in [-0.4, -0.2) is 50.7 Å². The number of esters is 1. The number of hydrogen-bond donors (Lipinski definition) is 0. The van der Waals surface area contributed by atoms with Crippen molar-refractivity contribution in [2.75, 3.05) is 27.9 Å². The molecular formula is C17H22FNO5. The average Bonchev–Trinajstić information content (AvgIpc) is 2.58. The van der Waals surface area contributed by atoms with E-state index in [1.54, 1.807) is 6.92 Å². The zero-order valence-electron chi connectivity index (χ0n) is 14.3. The number of hydrogen-bond acceptors (Lipinski definition) is 5. The smallest absolute Gasteiger partial charge is 0.328 e. The third-order valence-electron chi connectivity index (χ3n) is 4.20. The van der Waals surface area contributed by atoms with Gasteiger partial charge >= 0.3 is 5.97 Å². The molecule has 1 saturated heterocycles. The predicted molar refractivity (Wildman–Crippen MR) is 85.1 cm³/mol. The number of alkyl halides is 1. The summed E-state index contributed by atoms with van der Waals surface area (Å²) in [4.78, 5) is 25.8. The number of benzene rings is 1. The summed E-state index contributed by atoms with van der Waals surface area (Å²) < 4.78 is 29.5. The molecule has 6 nitrogen and oxygen atoms in total. The highest BCUT2D eigenvalue weighted by Crippen LogP contribution is 2.39. The molecule has 1 aromatic carbocycles. The minimum atomic E-state index is -1.28. The first-order valence-corrected chi connectivity index (χ1v) is 7.77. The molecule has 1 aromatic rings. The Morgan fingerprint density at radius 3 is 2.46 bits per heavy atom. The fourth-order valence-electron chi connectivity index (χ4n) is 2.75. The Balaban J connectivity index is 2.39. The first-order valence-electron chi connectivity index (χ1n) is 7.77. The summed E-state index contributed by atoms with van der Waals surface area (Å²) in [6.07, 6.45) is -0.486. The van der Waals surface area contributed by atoms with Gasteiger partial charge in [0.15, 0.2) is 11.5 Å². The Hall–Kier alpha value is -2.31. The Labute approximate surface area is 140 Å². The maximum absolute atomic E-state index is 14.3. The lowest BCUT2D eigenvalue weighted by molar-refractivity contribution is -0.149. The highest BCUT2D eigenvalue weighted by molar-refractivity contribution is 5.98. The van der Waals surface area contributed by atoms with Gasteiger partial charge in [0.25, 0.3) is 5.91 Å². The van der Waals surface area contributed by atoms with Crippen molar-refractivity contribution in [3.8, 4) is 11.5 Å². The van der Waals surface area contributed by atoms with E-state index in [1.807, 2.05) is 0 Å². The van der Waals surface area contributed by atoms with Crippen LogP contribution in [0.5, 0.6) is 11.5 Å². The Morgan fingerprint density at radius 2 is 2.00 bits per heavy atom. The summed E-state index contributed by atoms with van der Waals surface area (Å²) in [6, 6.07) is 2.37. The van der Waals surface area contributed by atoms with E-state index in [4.69, 9.17) is 14.2 Å². The molecule has 1 amide bonds. The SMILES string of the molecule is CCC(F)c1cc(C(=O)N2CC[C@@H]2C(=O)OC)cc(OC)c1OC. The van der Waals surface area contributed by atoms with Crippen molar-refractivity contribution in [2.24, 2.45) is 0 Å². The molecule has 1 aliphatic heterocycles. The molecule has 24 heavy (non-hydrogen) atoms. The first kappa shape index (κ1) is 18.0. The van der Waals surface area contributed by atoms with E-state index in [-0.39, 0.29) is 35.0 Å². The van der Waals surface area contributed by atoms with Crippen LogP contribution in [0.2, 0.25) is 0 Å². The second kappa shape index (κ2) is 7.51. The van der Waals surface area contributed by atoms with Crippen LogP contribution in [0.1, 0.15) is 41.9 Å². The van der Waals surface area contributed by atoms with E-state index in [0.29, 0.717) is 13.0 Å². The lowest BCUT2D eigenvalue weighted by Crippen LogP contribution is -2.55. The van der Waals surface area contributed by atoms with Gasteiger partial charge in [0, 0.05) is 17.7 Å². The molecule has 0 spiro atoms. The molecule has 7 heteroatoms. The summed E-state index contributed by atoms with van der Waals surface area (Å²) in [5.74, 6) is -0.254. The number of amides is 1. The molecule has 1 heterocycles. The number of likely N-dealkylation sites (tertiary alicyclic amines) is 1. The van der Waals surface area contributed by atoms with Crippen molar-refractivity contribution in [3.05, 3.63) is 23.3 Å². The lowest BCUT2D eigenvalue weighted by Gasteiger charge is -2.38. The molecule has 1 fully saturated rings. The number of rotatable bonds is 6. The maximum Gasteiger partial charge on any atom is 0.328 e. The van der Waals surface area contributed by atoms with Gasteiger partial charge in [-0.3, -0.25) is 4.79 Å². The first-order chi connectivity index (χ1) is 11.5. The maximum atomic E-state index is 14.3. The number of ether oxygens (including phenoxy) is 3. The Kier molecular flexibility index (Phi) is 5.64. The highest BCUT2D eigenvalue weighted by Gasteiger charge is 2.39. The normalized spacial score (nSPS) is 17.7. The van der Waals surface area contributed by atoms with E-state index in [1.165, 1.54) is 38.4 Å². The number of methoxy groups -OCH3 is 3. The molecule has 2 rings (SSSR count). The van der Waals surface area contributed by atoms with Crippen LogP contribution in [-0.2, 0) is 9.53 Å². The fourth-order valence-corrected chi connectivity index (χ4v) is 2.75. The van der Waals surface area contributed by atoms with Crippen molar-refractivity contribution < 1.29 is 28.2 Å². The van der Waals surface area contributed by atoms with Gasteiger partial charge in [-0.15, -0.1) is 0 Å². The largest absolute Gasteiger partial charge is 0.493 e. The van der Waals surface area contributed by atoms with Gasteiger partial charge < -0.3 is 19.1 Å². The van der Waals surface area contributed by atoms with E-state index in [0.717, 1.165) is 0 Å². The van der Waals surface area contributed by atoms with Crippen molar-refractivity contribution >= 4 is 11.9 Å². The molecule has 0 saturated carbocycles. The zero-order valence-corrected chi connectivity index (χ0v) is 14.3. The number of carbonyl (C=O) groups is 2. The predicted octanol–water partition coefficient (Wildman–Crippen LogP) is 2.51. The second-order valence-electron chi connectivity index (χ2n) is 5.50. The monoisotopic (exact) mass is 339 g/mol. The van der Waals surface area contributed by atoms with E-state index in [2.05, 4.69) is 0 Å². The number of nitrogens with zero attached hydrogens (tertiary/aromatic N) is 1. The minimum Gasteiger partial charge on any atom is -0.493 e. The highest BCUT2D eigenvalue weighted by atomic mass is 19.1. The molecule has 1 aliphatic rings. The van der Waals surface area contributed by atoms with Crippen LogP contribution in [0, 0.1) is 0 Å². The molecule has 1 unspecified atom stereocenters. The Bertz CT molecular complexity index is 634. The quantitative estimate of drug-likeness (QED) is 0.745. The molecule has 2 atom stereocenters. The molecule has 132 valence electrons. The lowest BCUT2D eigenvalue weighted by atomic mass is 9.98. The third kappa shape index (κ3) is 3.16. The van der Waals surface area contributed by atoms with Gasteiger partial charge in [-0.05, 0) is 25.0 Å². The molecule has 0 N–H and O–H groups in total. The average molecular weight is 339 g/mol.